The number of hydrogen-bond donors (Lipinski definition) is 0. The summed E-state index contributed by atoms with van der Waals surface area (Å²) in [4.78, 5) is 0. The molecule has 0 radical (unpaired) electrons. The Bertz CT molecular complexity index is 533. The number of rotatable bonds is 4. The van der Waals surface area contributed by atoms with Crippen LogP contribution in [0.5, 0.6) is 0 Å². The van der Waals surface area contributed by atoms with Crippen molar-refractivity contribution in [3.05, 3.63) is 38.5 Å². The molecule has 1 heterocycles. The molecule has 0 aliphatic carbocycles. The fourth-order valence-corrected chi connectivity index (χ4v) is 3.04. The summed E-state index contributed by atoms with van der Waals surface area (Å²) in [6.45, 7) is 0. The number of alkyl halides is 1. The zero-order chi connectivity index (χ0) is 13.1. The first-order chi connectivity index (χ1) is 8.61. The normalized spacial score (nSPS) is 10.9. The lowest BCUT2D eigenvalue weighted by molar-refractivity contribution is 0.792. The van der Waals surface area contributed by atoms with Crippen molar-refractivity contribution in [3.63, 3.8) is 0 Å². The van der Waals surface area contributed by atoms with Crippen LogP contribution in [0.3, 0.4) is 0 Å². The van der Waals surface area contributed by atoms with E-state index in [9.17, 15) is 0 Å². The van der Waals surface area contributed by atoms with Crippen molar-refractivity contribution in [2.75, 3.05) is 5.88 Å². The van der Waals surface area contributed by atoms with Crippen LogP contribution in [0.25, 0.3) is 5.69 Å². The van der Waals surface area contributed by atoms with Gasteiger partial charge in [-0.1, -0.05) is 44.3 Å². The van der Waals surface area contributed by atoms with Crippen LogP contribution in [0.1, 0.15) is 12.1 Å². The molecule has 7 heteroatoms. The van der Waals surface area contributed by atoms with Crippen molar-refractivity contribution in [1.29, 1.82) is 0 Å². The van der Waals surface area contributed by atoms with E-state index in [0.717, 1.165) is 23.0 Å². The Kier molecular flexibility index (Phi) is 4.90. The summed E-state index contributed by atoms with van der Waals surface area (Å²) in [7, 11) is 0. The summed E-state index contributed by atoms with van der Waals surface area (Å²) in [5.74, 6) is 0.604. The number of aryl methyl sites for hydroxylation is 1. The van der Waals surface area contributed by atoms with Gasteiger partial charge in [-0.2, -0.15) is 0 Å². The Morgan fingerprint density at radius 1 is 1.22 bits per heavy atom. The molecule has 3 nitrogen and oxygen atoms in total. The topological polar surface area (TPSA) is 30.7 Å². The van der Waals surface area contributed by atoms with E-state index in [-0.39, 0.29) is 0 Å². The maximum atomic E-state index is 6.16. The standard InChI is InChI=1S/C11H9BrCl3N3/c12-7-4-9(14)11(10(15)5-7)18-6-8(16-17-18)2-1-3-13/h4-6H,1-3H2. The number of halogens is 4. The van der Waals surface area contributed by atoms with Crippen LogP contribution in [0.15, 0.2) is 22.8 Å². The van der Waals surface area contributed by atoms with Gasteiger partial charge in [0.1, 0.15) is 5.69 Å². The van der Waals surface area contributed by atoms with Crippen LogP contribution in [0.2, 0.25) is 10.0 Å². The molecule has 0 aliphatic heterocycles. The molecule has 1 aromatic carbocycles. The van der Waals surface area contributed by atoms with Gasteiger partial charge in [0.2, 0.25) is 0 Å². The van der Waals surface area contributed by atoms with Crippen molar-refractivity contribution >= 4 is 50.7 Å². The van der Waals surface area contributed by atoms with Crippen LogP contribution in [0, 0.1) is 0 Å². The highest BCUT2D eigenvalue weighted by Crippen LogP contribution is 2.31. The molecule has 2 aromatic rings. The molecule has 0 saturated carbocycles. The lowest BCUT2D eigenvalue weighted by Gasteiger charge is -2.06. The summed E-state index contributed by atoms with van der Waals surface area (Å²) >= 11 is 21.3. The Morgan fingerprint density at radius 3 is 2.50 bits per heavy atom. The summed E-state index contributed by atoms with van der Waals surface area (Å²) in [5.41, 5.74) is 1.50. The Balaban J connectivity index is 2.34. The van der Waals surface area contributed by atoms with Crippen molar-refractivity contribution < 1.29 is 0 Å². The predicted octanol–water partition coefficient (Wildman–Crippen LogP) is 4.51. The molecule has 96 valence electrons. The van der Waals surface area contributed by atoms with Crippen molar-refractivity contribution in [2.24, 2.45) is 0 Å². The number of aromatic nitrogens is 3. The van der Waals surface area contributed by atoms with E-state index in [2.05, 4.69) is 26.2 Å². The summed E-state index contributed by atoms with van der Waals surface area (Å²) in [6, 6.07) is 3.53. The van der Waals surface area contributed by atoms with Gasteiger partial charge in [0.25, 0.3) is 0 Å². The summed E-state index contributed by atoms with van der Waals surface area (Å²) in [5, 5.41) is 9.12. The van der Waals surface area contributed by atoms with E-state index in [4.69, 9.17) is 34.8 Å². The molecule has 0 atom stereocenters. The minimum absolute atomic E-state index is 0.517. The van der Waals surface area contributed by atoms with Gasteiger partial charge in [-0.25, -0.2) is 4.68 Å². The Hall–Kier alpha value is -0.290. The average molecular weight is 369 g/mol. The maximum absolute atomic E-state index is 6.16. The minimum atomic E-state index is 0.517. The van der Waals surface area contributed by atoms with Gasteiger partial charge in [0, 0.05) is 10.4 Å². The average Bonchev–Trinajstić information content (AvgIpc) is 2.73. The van der Waals surface area contributed by atoms with Crippen molar-refractivity contribution in [3.8, 4) is 5.69 Å². The van der Waals surface area contributed by atoms with Gasteiger partial charge >= 0.3 is 0 Å². The smallest absolute Gasteiger partial charge is 0.104 e. The molecule has 0 spiro atoms. The highest BCUT2D eigenvalue weighted by molar-refractivity contribution is 9.10. The molecule has 0 amide bonds. The van der Waals surface area contributed by atoms with E-state index in [1.165, 1.54) is 0 Å². The van der Waals surface area contributed by atoms with Crippen LogP contribution in [0.4, 0.5) is 0 Å². The first-order valence-corrected chi connectivity index (χ1v) is 7.32. The minimum Gasteiger partial charge on any atom is -0.217 e. The zero-order valence-electron chi connectivity index (χ0n) is 9.21. The third-order valence-corrected chi connectivity index (χ3v) is 3.62. The second kappa shape index (κ2) is 6.24. The quantitative estimate of drug-likeness (QED) is 0.743. The van der Waals surface area contributed by atoms with E-state index in [1.54, 1.807) is 16.8 Å². The van der Waals surface area contributed by atoms with E-state index < -0.39 is 0 Å². The monoisotopic (exact) mass is 367 g/mol. The number of benzene rings is 1. The van der Waals surface area contributed by atoms with E-state index in [0.29, 0.717) is 21.6 Å². The summed E-state index contributed by atoms with van der Waals surface area (Å²) in [6.07, 6.45) is 3.46. The second-order valence-electron chi connectivity index (χ2n) is 3.67. The zero-order valence-corrected chi connectivity index (χ0v) is 13.1. The van der Waals surface area contributed by atoms with Crippen LogP contribution in [-0.2, 0) is 6.42 Å². The molecule has 0 aliphatic rings. The van der Waals surface area contributed by atoms with Crippen LogP contribution in [-0.4, -0.2) is 20.9 Å². The Labute approximate surface area is 128 Å². The van der Waals surface area contributed by atoms with Gasteiger partial charge in [0.15, 0.2) is 0 Å². The lowest BCUT2D eigenvalue weighted by Crippen LogP contribution is -1.97. The van der Waals surface area contributed by atoms with Crippen molar-refractivity contribution in [2.45, 2.75) is 12.8 Å². The first kappa shape index (κ1) is 14.1. The molecule has 0 bridgehead atoms. The fraction of sp³-hybridized carbons (Fsp3) is 0.273. The van der Waals surface area contributed by atoms with Crippen molar-refractivity contribution in [1.82, 2.24) is 15.0 Å². The van der Waals surface area contributed by atoms with Gasteiger partial charge < -0.3 is 0 Å². The lowest BCUT2D eigenvalue weighted by atomic mass is 10.3. The molecule has 2 rings (SSSR count). The molecule has 0 unspecified atom stereocenters. The Morgan fingerprint density at radius 2 is 1.89 bits per heavy atom. The van der Waals surface area contributed by atoms with Gasteiger partial charge in [-0.3, -0.25) is 0 Å². The predicted molar refractivity (Wildman–Crippen MR) is 78.1 cm³/mol. The molecular weight excluding hydrogens is 360 g/mol. The highest BCUT2D eigenvalue weighted by Gasteiger charge is 2.12. The van der Waals surface area contributed by atoms with Gasteiger partial charge in [-0.15, -0.1) is 16.7 Å². The van der Waals surface area contributed by atoms with Gasteiger partial charge in [-0.05, 0) is 25.0 Å². The SMILES string of the molecule is ClCCCc1cn(-c2c(Cl)cc(Br)cc2Cl)nn1. The molecule has 18 heavy (non-hydrogen) atoms. The largest absolute Gasteiger partial charge is 0.217 e. The molecule has 0 fully saturated rings. The third kappa shape index (κ3) is 3.18. The van der Waals surface area contributed by atoms with Crippen LogP contribution < -0.4 is 0 Å². The highest BCUT2D eigenvalue weighted by atomic mass is 79.9. The number of hydrogen-bond acceptors (Lipinski definition) is 2. The maximum Gasteiger partial charge on any atom is 0.104 e. The third-order valence-electron chi connectivity index (χ3n) is 2.32. The van der Waals surface area contributed by atoms with E-state index in [1.807, 2.05) is 6.20 Å². The first-order valence-electron chi connectivity index (χ1n) is 5.24. The molecule has 0 N–H and O–H groups in total. The molecular formula is C11H9BrCl3N3. The van der Waals surface area contributed by atoms with Crippen LogP contribution >= 0.6 is 50.7 Å². The fourth-order valence-electron chi connectivity index (χ4n) is 1.52. The van der Waals surface area contributed by atoms with E-state index >= 15 is 0 Å². The van der Waals surface area contributed by atoms with Gasteiger partial charge in [0.05, 0.1) is 21.9 Å². The molecule has 0 saturated heterocycles. The molecule has 1 aromatic heterocycles. The number of nitrogens with zero attached hydrogens (tertiary/aromatic N) is 3. The summed E-state index contributed by atoms with van der Waals surface area (Å²) < 4.78 is 2.41. The second-order valence-corrected chi connectivity index (χ2v) is 5.77.